The van der Waals surface area contributed by atoms with Crippen LogP contribution in [0.25, 0.3) is 0 Å². The highest BCUT2D eigenvalue weighted by Crippen LogP contribution is 2.47. The van der Waals surface area contributed by atoms with E-state index in [1.165, 1.54) is 6.42 Å². The van der Waals surface area contributed by atoms with E-state index in [4.69, 9.17) is 16.6 Å². The van der Waals surface area contributed by atoms with Crippen LogP contribution in [0.2, 0.25) is 0 Å². The largest absolute Gasteiger partial charge is 0.460 e. The van der Waals surface area contributed by atoms with Crippen molar-refractivity contribution in [3.8, 4) is 0 Å². The molecule has 1 heterocycles. The Morgan fingerprint density at radius 3 is 3.05 bits per heavy atom. The zero-order valence-corrected chi connectivity index (χ0v) is 12.3. The second kappa shape index (κ2) is 6.70. The minimum absolute atomic E-state index is 0.548. The van der Waals surface area contributed by atoms with Gasteiger partial charge in [-0.1, -0.05) is 20.3 Å². The van der Waals surface area contributed by atoms with Crippen LogP contribution in [0.3, 0.4) is 0 Å². The summed E-state index contributed by atoms with van der Waals surface area (Å²) in [6.45, 7) is 5.26. The highest BCUT2D eigenvalue weighted by molar-refractivity contribution is 7.80. The summed E-state index contributed by atoms with van der Waals surface area (Å²) in [7, 11) is 0. The van der Waals surface area contributed by atoms with E-state index in [1.807, 2.05) is 12.1 Å². The molecule has 1 aliphatic rings. The summed E-state index contributed by atoms with van der Waals surface area (Å²) in [5, 5.41) is 7.69. The van der Waals surface area contributed by atoms with Crippen LogP contribution in [0, 0.1) is 5.92 Å². The van der Waals surface area contributed by atoms with Gasteiger partial charge < -0.3 is 9.73 Å². The first-order chi connectivity index (χ1) is 9.20. The van der Waals surface area contributed by atoms with E-state index < -0.39 is 0 Å². The number of unbranched alkanes of at least 4 members (excludes halogenated alkanes) is 1. The predicted octanol–water partition coefficient (Wildman–Crippen LogP) is 3.00. The van der Waals surface area contributed by atoms with Crippen molar-refractivity contribution in [1.29, 1.82) is 0 Å². The summed E-state index contributed by atoms with van der Waals surface area (Å²) in [6, 6.07) is 3.98. The van der Waals surface area contributed by atoms with Gasteiger partial charge in [0, 0.05) is 12.5 Å². The molecule has 0 amide bonds. The zero-order chi connectivity index (χ0) is 13.7. The summed E-state index contributed by atoms with van der Waals surface area (Å²) in [4.78, 5) is 0. The fourth-order valence-corrected chi connectivity index (χ4v) is 2.08. The van der Waals surface area contributed by atoms with Crippen molar-refractivity contribution in [2.45, 2.75) is 39.0 Å². The Bertz CT molecular complexity index is 455. The number of hydrogen-bond donors (Lipinski definition) is 2. The van der Waals surface area contributed by atoms with Gasteiger partial charge >= 0.3 is 0 Å². The molecule has 5 heteroatoms. The van der Waals surface area contributed by atoms with Gasteiger partial charge in [-0.25, -0.2) is 0 Å². The number of hydrazone groups is 1. The van der Waals surface area contributed by atoms with Gasteiger partial charge in [-0.05, 0) is 43.1 Å². The Labute approximate surface area is 119 Å². The maximum Gasteiger partial charge on any atom is 0.186 e. The van der Waals surface area contributed by atoms with E-state index in [-0.39, 0.29) is 0 Å². The number of furan rings is 1. The van der Waals surface area contributed by atoms with E-state index in [0.717, 1.165) is 36.8 Å². The molecule has 19 heavy (non-hydrogen) atoms. The molecular weight excluding hydrogens is 258 g/mol. The van der Waals surface area contributed by atoms with E-state index in [2.05, 4.69) is 29.7 Å². The molecule has 0 saturated heterocycles. The lowest BCUT2D eigenvalue weighted by Gasteiger charge is -2.04. The molecule has 0 unspecified atom stereocenters. The Hall–Kier alpha value is -1.36. The van der Waals surface area contributed by atoms with E-state index >= 15 is 0 Å². The summed E-state index contributed by atoms with van der Waals surface area (Å²) in [5.41, 5.74) is 2.78. The van der Waals surface area contributed by atoms with Crippen LogP contribution in [0.4, 0.5) is 0 Å². The van der Waals surface area contributed by atoms with Crippen LogP contribution in [-0.4, -0.2) is 17.9 Å². The van der Waals surface area contributed by atoms with E-state index in [1.54, 1.807) is 6.21 Å². The van der Waals surface area contributed by atoms with Gasteiger partial charge in [0.1, 0.15) is 11.5 Å². The third kappa shape index (κ3) is 4.35. The van der Waals surface area contributed by atoms with E-state index in [9.17, 15) is 0 Å². The first-order valence-corrected chi connectivity index (χ1v) is 7.28. The molecule has 2 N–H and O–H groups in total. The topological polar surface area (TPSA) is 49.6 Å². The molecule has 2 atom stereocenters. The third-order valence-electron chi connectivity index (χ3n) is 3.30. The Balaban J connectivity index is 1.73. The summed E-state index contributed by atoms with van der Waals surface area (Å²) >= 11 is 5.09. The minimum atomic E-state index is 0.548. The first-order valence-electron chi connectivity index (χ1n) is 6.87. The minimum Gasteiger partial charge on any atom is -0.460 e. The molecule has 0 radical (unpaired) electrons. The van der Waals surface area contributed by atoms with Crippen molar-refractivity contribution in [1.82, 2.24) is 10.7 Å². The standard InChI is InChI=1S/C14H21N3OS/c1-3-4-7-15-14(19)17-16-9-11-5-6-13(18-11)12-8-10(12)2/h5-6,9-10,12H,3-4,7-8H2,1-2H3,(H2,15,17,19)/b16-9-/t10-,12+/m0/s1. The number of nitrogens with one attached hydrogen (secondary N) is 2. The van der Waals surface area contributed by atoms with Gasteiger partial charge in [0.05, 0.1) is 6.21 Å². The summed E-state index contributed by atoms with van der Waals surface area (Å²) in [6.07, 6.45) is 5.14. The second-order valence-corrected chi connectivity index (χ2v) is 5.45. The fraction of sp³-hybridized carbons (Fsp3) is 0.571. The van der Waals surface area contributed by atoms with Crippen molar-refractivity contribution in [3.63, 3.8) is 0 Å². The lowest BCUT2D eigenvalue weighted by molar-refractivity contribution is 0.500. The smallest absolute Gasteiger partial charge is 0.186 e. The third-order valence-corrected chi connectivity index (χ3v) is 3.53. The lowest BCUT2D eigenvalue weighted by atomic mass is 10.3. The molecule has 4 nitrogen and oxygen atoms in total. The van der Waals surface area contributed by atoms with E-state index in [0.29, 0.717) is 11.0 Å². The maximum atomic E-state index is 5.71. The molecule has 2 rings (SSSR count). The van der Waals surface area contributed by atoms with Crippen LogP contribution < -0.4 is 10.7 Å². The first kappa shape index (κ1) is 14.1. The van der Waals surface area contributed by atoms with Crippen LogP contribution in [0.1, 0.15) is 50.5 Å². The van der Waals surface area contributed by atoms with Crippen molar-refractivity contribution >= 4 is 23.5 Å². The molecule has 1 saturated carbocycles. The van der Waals surface area contributed by atoms with Gasteiger partial charge in [0.2, 0.25) is 0 Å². The quantitative estimate of drug-likeness (QED) is 0.364. The molecule has 0 aliphatic heterocycles. The van der Waals surface area contributed by atoms with Gasteiger partial charge in [-0.2, -0.15) is 5.10 Å². The molecule has 1 fully saturated rings. The second-order valence-electron chi connectivity index (χ2n) is 5.04. The van der Waals surface area contributed by atoms with Gasteiger partial charge in [0.15, 0.2) is 5.11 Å². The average molecular weight is 279 g/mol. The SMILES string of the molecule is CCCCNC(=S)N/N=C\c1ccc([C@@H]2C[C@@H]2C)o1. The molecule has 0 spiro atoms. The Kier molecular flexibility index (Phi) is 4.96. The number of nitrogens with zero attached hydrogens (tertiary/aromatic N) is 1. The monoisotopic (exact) mass is 279 g/mol. The lowest BCUT2D eigenvalue weighted by Crippen LogP contribution is -2.32. The molecular formula is C14H21N3OS. The molecule has 0 bridgehead atoms. The molecule has 104 valence electrons. The molecule has 0 aromatic carbocycles. The predicted molar refractivity (Wildman–Crippen MR) is 81.5 cm³/mol. The van der Waals surface area contributed by atoms with Crippen LogP contribution >= 0.6 is 12.2 Å². The van der Waals surface area contributed by atoms with Crippen LogP contribution in [-0.2, 0) is 0 Å². The van der Waals surface area contributed by atoms with Crippen molar-refractivity contribution in [2.75, 3.05) is 6.54 Å². The Morgan fingerprint density at radius 1 is 1.58 bits per heavy atom. The van der Waals surface area contributed by atoms with Crippen molar-refractivity contribution in [2.24, 2.45) is 11.0 Å². The maximum absolute atomic E-state index is 5.71. The zero-order valence-electron chi connectivity index (χ0n) is 11.5. The van der Waals surface area contributed by atoms with Crippen molar-refractivity contribution in [3.05, 3.63) is 23.7 Å². The Morgan fingerprint density at radius 2 is 2.37 bits per heavy atom. The normalized spacial score (nSPS) is 21.6. The van der Waals surface area contributed by atoms with Gasteiger partial charge in [-0.3, -0.25) is 5.43 Å². The van der Waals surface area contributed by atoms with Gasteiger partial charge in [0.25, 0.3) is 0 Å². The average Bonchev–Trinajstić information content (AvgIpc) is 2.93. The highest BCUT2D eigenvalue weighted by Gasteiger charge is 2.36. The summed E-state index contributed by atoms with van der Waals surface area (Å²) < 4.78 is 5.71. The van der Waals surface area contributed by atoms with Gasteiger partial charge in [-0.15, -0.1) is 0 Å². The molecule has 1 aromatic rings. The van der Waals surface area contributed by atoms with Crippen LogP contribution in [0.15, 0.2) is 21.7 Å². The fourth-order valence-electron chi connectivity index (χ4n) is 1.93. The number of hydrogen-bond acceptors (Lipinski definition) is 3. The molecule has 1 aliphatic carbocycles. The number of rotatable bonds is 6. The number of thiocarbonyl (C=S) groups is 1. The summed E-state index contributed by atoms with van der Waals surface area (Å²) in [5.74, 6) is 3.19. The molecule has 1 aromatic heterocycles. The highest BCUT2D eigenvalue weighted by atomic mass is 32.1. The van der Waals surface area contributed by atoms with Crippen LogP contribution in [0.5, 0.6) is 0 Å². The van der Waals surface area contributed by atoms with Crippen molar-refractivity contribution < 1.29 is 4.42 Å².